The van der Waals surface area contributed by atoms with Crippen molar-refractivity contribution in [1.82, 2.24) is 15.1 Å². The van der Waals surface area contributed by atoms with Gasteiger partial charge < -0.3 is 15.4 Å². The molecule has 0 aliphatic carbocycles. The first-order valence-electron chi connectivity index (χ1n) is 7.40. The fourth-order valence-corrected chi connectivity index (χ4v) is 2.69. The second-order valence-corrected chi connectivity index (χ2v) is 5.43. The molecule has 0 spiro atoms. The highest BCUT2D eigenvalue weighted by molar-refractivity contribution is 5.95. The quantitative estimate of drug-likeness (QED) is 0.897. The van der Waals surface area contributed by atoms with Gasteiger partial charge in [-0.3, -0.25) is 9.48 Å². The Labute approximate surface area is 141 Å². The molecular weight excluding hydrogens is 316 g/mol. The molecule has 1 unspecified atom stereocenters. The minimum absolute atomic E-state index is 0. The van der Waals surface area contributed by atoms with Crippen molar-refractivity contribution in [3.63, 3.8) is 0 Å². The number of ether oxygens (including phenoxy) is 1. The number of nitrogens with one attached hydrogen (secondary N) is 2. The van der Waals surface area contributed by atoms with Crippen LogP contribution in [0, 0.1) is 0 Å². The summed E-state index contributed by atoms with van der Waals surface area (Å²) in [5.41, 5.74) is 2.77. The van der Waals surface area contributed by atoms with E-state index in [1.165, 1.54) is 0 Å². The van der Waals surface area contributed by atoms with Gasteiger partial charge in [0, 0.05) is 24.5 Å². The molecule has 124 valence electrons. The van der Waals surface area contributed by atoms with Crippen LogP contribution in [0.15, 0.2) is 30.6 Å². The minimum Gasteiger partial charge on any atom is -0.493 e. The summed E-state index contributed by atoms with van der Waals surface area (Å²) in [6, 6.07) is 5.35. The summed E-state index contributed by atoms with van der Waals surface area (Å²) in [6.07, 6.45) is 5.53. The Hall–Kier alpha value is -2.05. The number of aryl methyl sites for hydroxylation is 2. The average molecular weight is 337 g/mol. The fourth-order valence-electron chi connectivity index (χ4n) is 2.69. The van der Waals surface area contributed by atoms with E-state index in [-0.39, 0.29) is 18.3 Å². The summed E-state index contributed by atoms with van der Waals surface area (Å²) < 4.78 is 7.27. The smallest absolute Gasteiger partial charge is 0.246 e. The number of likely N-dealkylation sites (N-methyl/N-ethyl adjacent to an activating group) is 1. The molecule has 1 aliphatic heterocycles. The Morgan fingerprint density at radius 1 is 1.43 bits per heavy atom. The van der Waals surface area contributed by atoms with Crippen LogP contribution in [0.2, 0.25) is 0 Å². The lowest BCUT2D eigenvalue weighted by atomic mass is 10.1. The maximum absolute atomic E-state index is 12.5. The van der Waals surface area contributed by atoms with Gasteiger partial charge in [-0.25, -0.2) is 0 Å². The predicted octanol–water partition coefficient (Wildman–Crippen LogP) is 2.07. The lowest BCUT2D eigenvalue weighted by molar-refractivity contribution is -0.118. The molecule has 1 aliphatic rings. The first-order chi connectivity index (χ1) is 10.7. The summed E-state index contributed by atoms with van der Waals surface area (Å²) in [4.78, 5) is 12.5. The van der Waals surface area contributed by atoms with Gasteiger partial charge >= 0.3 is 0 Å². The SMILES string of the molecule is CNC(C(=O)Nc1ccc2c(c1)CCCO2)c1cnn(C)c1.Cl. The predicted molar refractivity (Wildman–Crippen MR) is 91.1 cm³/mol. The van der Waals surface area contributed by atoms with Crippen LogP contribution >= 0.6 is 12.4 Å². The van der Waals surface area contributed by atoms with Crippen LogP contribution in [0.5, 0.6) is 5.75 Å². The van der Waals surface area contributed by atoms with E-state index >= 15 is 0 Å². The van der Waals surface area contributed by atoms with Gasteiger partial charge in [-0.2, -0.15) is 5.10 Å². The standard InChI is InChI=1S/C16H20N4O2.ClH/c1-17-15(12-9-18-20(2)10-12)16(21)19-13-5-6-14-11(8-13)4-3-7-22-14;/h5-6,8-10,15,17H,3-4,7H2,1-2H3,(H,19,21);1H. The van der Waals surface area contributed by atoms with Crippen molar-refractivity contribution in [2.24, 2.45) is 7.05 Å². The van der Waals surface area contributed by atoms with Gasteiger partial charge in [0.1, 0.15) is 11.8 Å². The van der Waals surface area contributed by atoms with E-state index < -0.39 is 6.04 Å². The Balaban J connectivity index is 0.00000192. The number of carbonyl (C=O) groups is 1. The number of halogens is 1. The van der Waals surface area contributed by atoms with Gasteiger partial charge in [0.05, 0.1) is 12.8 Å². The number of fused-ring (bicyclic) bond motifs is 1. The summed E-state index contributed by atoms with van der Waals surface area (Å²) in [6.45, 7) is 0.765. The number of amides is 1. The molecular formula is C16H21ClN4O2. The third-order valence-corrected chi connectivity index (χ3v) is 3.79. The Morgan fingerprint density at radius 2 is 2.26 bits per heavy atom. The van der Waals surface area contributed by atoms with Crippen molar-refractivity contribution in [3.8, 4) is 5.75 Å². The second kappa shape index (κ2) is 7.48. The Kier molecular flexibility index (Phi) is 5.63. The monoisotopic (exact) mass is 336 g/mol. The van der Waals surface area contributed by atoms with Crippen LogP contribution in [0.25, 0.3) is 0 Å². The van der Waals surface area contributed by atoms with Crippen LogP contribution in [-0.4, -0.2) is 29.3 Å². The molecule has 1 aromatic heterocycles. The number of hydrogen-bond donors (Lipinski definition) is 2. The van der Waals surface area contributed by atoms with Gasteiger partial charge in [-0.15, -0.1) is 12.4 Å². The maximum Gasteiger partial charge on any atom is 0.246 e. The number of benzene rings is 1. The fraction of sp³-hybridized carbons (Fsp3) is 0.375. The third-order valence-electron chi connectivity index (χ3n) is 3.79. The summed E-state index contributed by atoms with van der Waals surface area (Å²) in [7, 11) is 3.59. The average Bonchev–Trinajstić information content (AvgIpc) is 2.94. The molecule has 0 bridgehead atoms. The van der Waals surface area contributed by atoms with E-state index in [0.29, 0.717) is 0 Å². The van der Waals surface area contributed by atoms with Crippen LogP contribution in [0.1, 0.15) is 23.6 Å². The second-order valence-electron chi connectivity index (χ2n) is 5.43. The highest BCUT2D eigenvalue weighted by Gasteiger charge is 2.20. The number of nitrogens with zero attached hydrogens (tertiary/aromatic N) is 2. The van der Waals surface area contributed by atoms with E-state index in [1.54, 1.807) is 17.9 Å². The first-order valence-corrected chi connectivity index (χ1v) is 7.40. The number of carbonyl (C=O) groups excluding carboxylic acids is 1. The van der Waals surface area contributed by atoms with Crippen molar-refractivity contribution in [3.05, 3.63) is 41.7 Å². The van der Waals surface area contributed by atoms with Crippen LogP contribution in [-0.2, 0) is 18.3 Å². The zero-order valence-electron chi connectivity index (χ0n) is 13.2. The lowest BCUT2D eigenvalue weighted by Gasteiger charge is -2.19. The normalized spacial score (nSPS) is 14.2. The molecule has 1 atom stereocenters. The molecule has 1 aromatic carbocycles. The zero-order chi connectivity index (χ0) is 15.5. The number of aromatic nitrogens is 2. The molecule has 23 heavy (non-hydrogen) atoms. The molecule has 0 saturated heterocycles. The van der Waals surface area contributed by atoms with E-state index in [9.17, 15) is 4.79 Å². The molecule has 2 heterocycles. The van der Waals surface area contributed by atoms with Gasteiger partial charge in [0.15, 0.2) is 0 Å². The first kappa shape index (κ1) is 17.3. The molecule has 2 N–H and O–H groups in total. The molecule has 0 radical (unpaired) electrons. The van der Waals surface area contributed by atoms with E-state index in [4.69, 9.17) is 4.74 Å². The molecule has 0 saturated carbocycles. The summed E-state index contributed by atoms with van der Waals surface area (Å²) in [5.74, 6) is 0.814. The lowest BCUT2D eigenvalue weighted by Crippen LogP contribution is -2.30. The van der Waals surface area contributed by atoms with Crippen molar-refractivity contribution >= 4 is 24.0 Å². The largest absolute Gasteiger partial charge is 0.493 e. The van der Waals surface area contributed by atoms with Crippen molar-refractivity contribution < 1.29 is 9.53 Å². The van der Waals surface area contributed by atoms with E-state index in [0.717, 1.165) is 42.0 Å². The van der Waals surface area contributed by atoms with E-state index in [2.05, 4.69) is 15.7 Å². The zero-order valence-corrected chi connectivity index (χ0v) is 14.0. The topological polar surface area (TPSA) is 68.2 Å². The van der Waals surface area contributed by atoms with Crippen LogP contribution < -0.4 is 15.4 Å². The van der Waals surface area contributed by atoms with Gasteiger partial charge in [-0.05, 0) is 43.7 Å². The van der Waals surface area contributed by atoms with Gasteiger partial charge in [0.2, 0.25) is 5.91 Å². The molecule has 6 nitrogen and oxygen atoms in total. The highest BCUT2D eigenvalue weighted by atomic mass is 35.5. The van der Waals surface area contributed by atoms with E-state index in [1.807, 2.05) is 31.4 Å². The maximum atomic E-state index is 12.5. The van der Waals surface area contributed by atoms with Crippen LogP contribution in [0.3, 0.4) is 0 Å². The van der Waals surface area contributed by atoms with Gasteiger partial charge in [-0.1, -0.05) is 0 Å². The molecule has 7 heteroatoms. The van der Waals surface area contributed by atoms with Gasteiger partial charge in [0.25, 0.3) is 0 Å². The van der Waals surface area contributed by atoms with Crippen LogP contribution in [0.4, 0.5) is 5.69 Å². The third kappa shape index (κ3) is 3.83. The Morgan fingerprint density at radius 3 is 2.96 bits per heavy atom. The summed E-state index contributed by atoms with van der Waals surface area (Å²) in [5, 5.41) is 10.1. The molecule has 1 amide bonds. The molecule has 3 rings (SSSR count). The van der Waals surface area contributed by atoms with Crippen molar-refractivity contribution in [1.29, 1.82) is 0 Å². The number of hydrogen-bond acceptors (Lipinski definition) is 4. The number of rotatable bonds is 4. The van der Waals surface area contributed by atoms with Crippen molar-refractivity contribution in [2.75, 3.05) is 19.0 Å². The molecule has 0 fully saturated rings. The summed E-state index contributed by atoms with van der Waals surface area (Å²) >= 11 is 0. The Bertz CT molecular complexity index is 686. The number of anilines is 1. The van der Waals surface area contributed by atoms with Crippen molar-refractivity contribution in [2.45, 2.75) is 18.9 Å². The highest BCUT2D eigenvalue weighted by Crippen LogP contribution is 2.28. The molecule has 2 aromatic rings. The minimum atomic E-state index is -0.430.